The van der Waals surface area contributed by atoms with Crippen molar-refractivity contribution >= 4 is 23.6 Å². The zero-order chi connectivity index (χ0) is 33.7. The highest BCUT2D eigenvalue weighted by atomic mass is 16.5. The lowest BCUT2D eigenvalue weighted by Gasteiger charge is -2.36. The summed E-state index contributed by atoms with van der Waals surface area (Å²) >= 11 is 0. The Morgan fingerprint density at radius 3 is 2.46 bits per heavy atom. The summed E-state index contributed by atoms with van der Waals surface area (Å²) in [4.78, 5) is 53.8. The molecule has 0 aromatic heterocycles. The molecule has 1 saturated heterocycles. The van der Waals surface area contributed by atoms with Crippen LogP contribution in [0.1, 0.15) is 70.1 Å². The van der Waals surface area contributed by atoms with Gasteiger partial charge in [0.2, 0.25) is 5.78 Å². The van der Waals surface area contributed by atoms with Gasteiger partial charge < -0.3 is 33.9 Å². The van der Waals surface area contributed by atoms with E-state index >= 15 is 0 Å². The van der Waals surface area contributed by atoms with Crippen LogP contribution in [0.2, 0.25) is 0 Å². The summed E-state index contributed by atoms with van der Waals surface area (Å²) in [6.45, 7) is 6.24. The largest absolute Gasteiger partial charge is 0.493 e. The number of methoxy groups -OCH3 is 3. The molecular formula is C35H48N2O9. The van der Waals surface area contributed by atoms with Crippen LogP contribution in [0.4, 0.5) is 0 Å². The van der Waals surface area contributed by atoms with Gasteiger partial charge in [0.25, 0.3) is 11.8 Å². The van der Waals surface area contributed by atoms with Crippen LogP contribution in [-0.4, -0.2) is 82.1 Å². The minimum Gasteiger partial charge on any atom is -0.493 e. The first-order valence-electron chi connectivity index (χ1n) is 15.8. The van der Waals surface area contributed by atoms with E-state index in [4.69, 9.17) is 23.7 Å². The fourth-order valence-electron chi connectivity index (χ4n) is 5.14. The van der Waals surface area contributed by atoms with E-state index in [9.17, 15) is 19.2 Å². The van der Waals surface area contributed by atoms with Gasteiger partial charge in [-0.15, -0.1) is 0 Å². The van der Waals surface area contributed by atoms with Gasteiger partial charge in [-0.05, 0) is 73.9 Å². The number of carbonyl (C=O) groups is 4. The number of hydrogen-bond donors (Lipinski definition) is 1. The predicted octanol–water partition coefficient (Wildman–Crippen LogP) is 4.45. The molecule has 1 fully saturated rings. The molecule has 0 saturated carbocycles. The van der Waals surface area contributed by atoms with Gasteiger partial charge in [-0.25, -0.2) is 4.79 Å². The predicted molar refractivity (Wildman–Crippen MR) is 172 cm³/mol. The molecular weight excluding hydrogens is 592 g/mol. The SMILES string of the molecule is CCC(C)(C)C(=O)C(=O)N1CCCC[C@H]1C(=O)O[C@H](CCc1ccc(OC)c(OC)c1)c1cccc(OCC(=O)NCCOC)c1. The first-order valence-corrected chi connectivity index (χ1v) is 15.8. The molecule has 2 atom stereocenters. The number of carbonyl (C=O) groups excluding carboxylic acids is 4. The molecule has 0 unspecified atom stereocenters. The Labute approximate surface area is 271 Å². The van der Waals surface area contributed by atoms with Crippen molar-refractivity contribution in [2.75, 3.05) is 47.6 Å². The van der Waals surface area contributed by atoms with Crippen molar-refractivity contribution in [1.82, 2.24) is 10.2 Å². The van der Waals surface area contributed by atoms with Gasteiger partial charge in [-0.1, -0.05) is 39.0 Å². The maximum atomic E-state index is 13.8. The quantitative estimate of drug-likeness (QED) is 0.151. The van der Waals surface area contributed by atoms with E-state index in [1.54, 1.807) is 53.4 Å². The number of benzene rings is 2. The number of Topliss-reactive ketones (excluding diaryl/α,β-unsaturated/α-hetero) is 1. The molecule has 1 aliphatic heterocycles. The topological polar surface area (TPSA) is 130 Å². The van der Waals surface area contributed by atoms with E-state index in [1.807, 2.05) is 31.2 Å². The fourth-order valence-corrected chi connectivity index (χ4v) is 5.14. The summed E-state index contributed by atoms with van der Waals surface area (Å²) in [5.74, 6) is -0.367. The number of ketones is 1. The summed E-state index contributed by atoms with van der Waals surface area (Å²) in [7, 11) is 4.69. The Bertz CT molecular complexity index is 1340. The van der Waals surface area contributed by atoms with Gasteiger partial charge in [0.15, 0.2) is 18.1 Å². The number of amides is 2. The zero-order valence-electron chi connectivity index (χ0n) is 27.9. The summed E-state index contributed by atoms with van der Waals surface area (Å²) in [6.07, 6.45) is 2.59. The van der Waals surface area contributed by atoms with Crippen molar-refractivity contribution in [3.8, 4) is 17.2 Å². The van der Waals surface area contributed by atoms with E-state index < -0.39 is 35.2 Å². The summed E-state index contributed by atoms with van der Waals surface area (Å²) in [5, 5.41) is 2.71. The van der Waals surface area contributed by atoms with Crippen molar-refractivity contribution in [1.29, 1.82) is 0 Å². The highest BCUT2D eigenvalue weighted by molar-refractivity contribution is 6.38. The number of esters is 1. The highest BCUT2D eigenvalue weighted by Crippen LogP contribution is 2.32. The summed E-state index contributed by atoms with van der Waals surface area (Å²) in [6, 6.07) is 11.8. The molecule has 11 heteroatoms. The third-order valence-electron chi connectivity index (χ3n) is 8.36. The van der Waals surface area contributed by atoms with E-state index in [0.29, 0.717) is 74.6 Å². The second kappa shape index (κ2) is 17.5. The van der Waals surface area contributed by atoms with Crippen LogP contribution in [0.5, 0.6) is 17.2 Å². The van der Waals surface area contributed by atoms with Crippen molar-refractivity contribution in [3.63, 3.8) is 0 Å². The molecule has 1 aliphatic rings. The van der Waals surface area contributed by atoms with Gasteiger partial charge in [0.05, 0.1) is 20.8 Å². The zero-order valence-corrected chi connectivity index (χ0v) is 27.9. The molecule has 2 aromatic rings. The van der Waals surface area contributed by atoms with Crippen LogP contribution < -0.4 is 19.5 Å². The first kappa shape index (κ1) is 36.3. The molecule has 252 valence electrons. The van der Waals surface area contributed by atoms with Crippen molar-refractivity contribution in [2.45, 2.75) is 71.4 Å². The molecule has 0 aliphatic carbocycles. The Hall–Kier alpha value is -4.12. The molecule has 0 radical (unpaired) electrons. The van der Waals surface area contributed by atoms with Gasteiger partial charge in [-0.2, -0.15) is 0 Å². The summed E-state index contributed by atoms with van der Waals surface area (Å²) in [5.41, 5.74) is 0.787. The van der Waals surface area contributed by atoms with Gasteiger partial charge in [-0.3, -0.25) is 14.4 Å². The van der Waals surface area contributed by atoms with Crippen LogP contribution in [0.25, 0.3) is 0 Å². The standard InChI is InChI=1S/C35H48N2O9/c1-7-35(2,3)32(39)33(40)37-19-9-8-13-27(37)34(41)46-28(16-14-24-15-17-29(43-5)30(21-24)44-6)25-11-10-12-26(22-25)45-23-31(38)36-18-20-42-4/h10-12,15,17,21-22,27-28H,7-9,13-14,16,18-20,23H2,1-6H3,(H,36,38)/t27-,28+/m0/s1. The molecule has 0 bridgehead atoms. The van der Waals surface area contributed by atoms with E-state index in [0.717, 1.165) is 12.0 Å². The minimum atomic E-state index is -0.864. The normalized spacial score (nSPS) is 15.4. The van der Waals surface area contributed by atoms with Crippen LogP contribution in [0.3, 0.4) is 0 Å². The molecule has 2 amide bonds. The number of nitrogens with one attached hydrogen (secondary N) is 1. The molecule has 2 aromatic carbocycles. The Kier molecular flexibility index (Phi) is 13.9. The van der Waals surface area contributed by atoms with Crippen LogP contribution >= 0.6 is 0 Å². The Balaban J connectivity index is 1.84. The molecule has 3 rings (SSSR count). The smallest absolute Gasteiger partial charge is 0.329 e. The highest BCUT2D eigenvalue weighted by Gasteiger charge is 2.41. The molecule has 0 spiro atoms. The average Bonchev–Trinajstić information content (AvgIpc) is 3.08. The molecule has 11 nitrogen and oxygen atoms in total. The van der Waals surface area contributed by atoms with E-state index in [1.165, 1.54) is 4.90 Å². The molecule has 1 heterocycles. The number of aryl methyl sites for hydroxylation is 1. The Morgan fingerprint density at radius 1 is 1.00 bits per heavy atom. The number of rotatable bonds is 17. The molecule has 1 N–H and O–H groups in total. The van der Waals surface area contributed by atoms with Gasteiger partial charge in [0, 0.05) is 25.6 Å². The van der Waals surface area contributed by atoms with Crippen molar-refractivity contribution < 1.29 is 42.9 Å². The van der Waals surface area contributed by atoms with Crippen molar-refractivity contribution in [3.05, 3.63) is 53.6 Å². The van der Waals surface area contributed by atoms with E-state index in [-0.39, 0.29) is 12.5 Å². The van der Waals surface area contributed by atoms with Gasteiger partial charge >= 0.3 is 5.97 Å². The number of hydrogen-bond acceptors (Lipinski definition) is 9. The molecule has 46 heavy (non-hydrogen) atoms. The number of likely N-dealkylation sites (tertiary alicyclic amines) is 1. The maximum absolute atomic E-state index is 13.8. The second-order valence-electron chi connectivity index (χ2n) is 11.9. The number of ether oxygens (including phenoxy) is 5. The lowest BCUT2D eigenvalue weighted by Crippen LogP contribution is -2.53. The monoisotopic (exact) mass is 640 g/mol. The van der Waals surface area contributed by atoms with E-state index in [2.05, 4.69) is 5.32 Å². The third kappa shape index (κ3) is 9.94. The second-order valence-corrected chi connectivity index (χ2v) is 11.9. The van der Waals surface area contributed by atoms with Crippen LogP contribution in [0.15, 0.2) is 42.5 Å². The summed E-state index contributed by atoms with van der Waals surface area (Å²) < 4.78 is 27.7. The first-order chi connectivity index (χ1) is 22.0. The number of piperidine rings is 1. The van der Waals surface area contributed by atoms with Crippen LogP contribution in [-0.2, 0) is 35.1 Å². The minimum absolute atomic E-state index is 0.190. The maximum Gasteiger partial charge on any atom is 0.329 e. The van der Waals surface area contributed by atoms with Crippen molar-refractivity contribution in [2.24, 2.45) is 5.41 Å². The average molecular weight is 641 g/mol. The van der Waals surface area contributed by atoms with Crippen LogP contribution in [0, 0.1) is 5.41 Å². The Morgan fingerprint density at radius 2 is 1.76 bits per heavy atom. The fraction of sp³-hybridized carbons (Fsp3) is 0.543. The van der Waals surface area contributed by atoms with Gasteiger partial charge in [0.1, 0.15) is 17.9 Å². The lowest BCUT2D eigenvalue weighted by molar-refractivity contribution is -0.164. The lowest BCUT2D eigenvalue weighted by atomic mass is 9.84. The third-order valence-corrected chi connectivity index (χ3v) is 8.36. The number of nitrogens with zero attached hydrogens (tertiary/aromatic N) is 1.